The van der Waals surface area contributed by atoms with E-state index in [-0.39, 0.29) is 44.7 Å². The Morgan fingerprint density at radius 1 is 1.33 bits per heavy atom. The average molecular weight is 322 g/mol. The van der Waals surface area contributed by atoms with E-state index in [4.69, 9.17) is 9.47 Å². The van der Waals surface area contributed by atoms with Crippen LogP contribution in [0.1, 0.15) is 12.8 Å². The Kier molecular flexibility index (Phi) is 5.55. The second-order valence-electron chi connectivity index (χ2n) is 5.23. The van der Waals surface area contributed by atoms with Crippen molar-refractivity contribution in [2.24, 2.45) is 5.92 Å². The molecule has 2 rings (SSSR count). The highest BCUT2D eigenvalue weighted by Gasteiger charge is 2.39. The summed E-state index contributed by atoms with van der Waals surface area (Å²) in [5, 5.41) is 9.30. The van der Waals surface area contributed by atoms with E-state index < -0.39 is 16.3 Å². The lowest BCUT2D eigenvalue weighted by molar-refractivity contribution is -0.146. The molecule has 1 N–H and O–H groups in total. The molecule has 9 heteroatoms. The van der Waals surface area contributed by atoms with Crippen LogP contribution in [0.15, 0.2) is 0 Å². The van der Waals surface area contributed by atoms with Gasteiger partial charge in [-0.3, -0.25) is 4.79 Å². The molecule has 1 atom stereocenters. The summed E-state index contributed by atoms with van der Waals surface area (Å²) in [6, 6.07) is -0.540. The lowest BCUT2D eigenvalue weighted by atomic mass is 9.99. The first kappa shape index (κ1) is 16.6. The maximum Gasteiger partial charge on any atom is 0.308 e. The molecule has 0 bridgehead atoms. The van der Waals surface area contributed by atoms with Gasteiger partial charge in [0.15, 0.2) is 0 Å². The van der Waals surface area contributed by atoms with Crippen molar-refractivity contribution < 1.29 is 27.8 Å². The van der Waals surface area contributed by atoms with E-state index in [1.54, 1.807) is 0 Å². The highest BCUT2D eigenvalue weighted by atomic mass is 32.2. The lowest BCUT2D eigenvalue weighted by Gasteiger charge is -2.39. The molecule has 2 saturated heterocycles. The van der Waals surface area contributed by atoms with E-state index >= 15 is 0 Å². The van der Waals surface area contributed by atoms with Crippen molar-refractivity contribution >= 4 is 16.2 Å². The molecule has 2 fully saturated rings. The molecule has 0 amide bonds. The summed E-state index contributed by atoms with van der Waals surface area (Å²) >= 11 is 0. The number of methoxy groups -OCH3 is 1. The van der Waals surface area contributed by atoms with Crippen LogP contribution in [-0.2, 0) is 24.5 Å². The fraction of sp³-hybridized carbons (Fsp3) is 0.917. The maximum atomic E-state index is 12.6. The molecule has 2 heterocycles. The molecule has 2 aliphatic rings. The third-order valence-corrected chi connectivity index (χ3v) is 6.09. The Morgan fingerprint density at radius 2 is 2.00 bits per heavy atom. The van der Waals surface area contributed by atoms with Crippen molar-refractivity contribution in [2.75, 3.05) is 46.6 Å². The van der Waals surface area contributed by atoms with Gasteiger partial charge in [-0.05, 0) is 12.8 Å². The third kappa shape index (κ3) is 3.54. The quantitative estimate of drug-likeness (QED) is 0.654. The van der Waals surface area contributed by atoms with Crippen LogP contribution in [-0.4, -0.2) is 80.7 Å². The van der Waals surface area contributed by atoms with Crippen molar-refractivity contribution in [3.8, 4) is 0 Å². The van der Waals surface area contributed by atoms with Gasteiger partial charge in [0.05, 0.1) is 38.9 Å². The molecule has 0 aromatic rings. The van der Waals surface area contributed by atoms with Crippen LogP contribution < -0.4 is 0 Å². The smallest absolute Gasteiger partial charge is 0.308 e. The number of aliphatic hydroxyl groups is 1. The second-order valence-corrected chi connectivity index (χ2v) is 7.11. The van der Waals surface area contributed by atoms with Crippen LogP contribution in [0.5, 0.6) is 0 Å². The second kappa shape index (κ2) is 7.01. The number of nitrogens with zero attached hydrogens (tertiary/aromatic N) is 2. The number of esters is 1. The zero-order valence-corrected chi connectivity index (χ0v) is 12.9. The highest BCUT2D eigenvalue weighted by Crippen LogP contribution is 2.24. The van der Waals surface area contributed by atoms with E-state index in [0.29, 0.717) is 19.4 Å². The van der Waals surface area contributed by atoms with Gasteiger partial charge < -0.3 is 14.6 Å². The van der Waals surface area contributed by atoms with E-state index in [1.165, 1.54) is 15.7 Å². The standard InChI is InChI=1S/C12H22N2O6S/c1-19-12(16)10-2-4-13(5-3-10)21(17,18)14-6-7-20-9-11(14)8-15/h10-11,15H,2-9H2,1H3. The van der Waals surface area contributed by atoms with Crippen LogP contribution in [0.2, 0.25) is 0 Å². The molecular weight excluding hydrogens is 300 g/mol. The molecule has 0 aromatic carbocycles. The number of piperidine rings is 1. The molecule has 0 spiro atoms. The SMILES string of the molecule is COC(=O)C1CCN(S(=O)(=O)N2CCOCC2CO)CC1. The molecule has 0 aromatic heterocycles. The Bertz CT molecular complexity index is 460. The summed E-state index contributed by atoms with van der Waals surface area (Å²) in [4.78, 5) is 11.5. The summed E-state index contributed by atoms with van der Waals surface area (Å²) in [5.74, 6) is -0.522. The number of carbonyl (C=O) groups is 1. The molecule has 1 unspecified atom stereocenters. The fourth-order valence-electron chi connectivity index (χ4n) is 2.72. The number of aliphatic hydroxyl groups excluding tert-OH is 1. The number of rotatable bonds is 4. The van der Waals surface area contributed by atoms with Gasteiger partial charge >= 0.3 is 5.97 Å². The van der Waals surface area contributed by atoms with Crippen LogP contribution in [0, 0.1) is 5.92 Å². The summed E-state index contributed by atoms with van der Waals surface area (Å²) in [7, 11) is -2.29. The minimum Gasteiger partial charge on any atom is -0.469 e. The third-order valence-electron chi connectivity index (χ3n) is 4.00. The molecular formula is C12H22N2O6S. The topological polar surface area (TPSA) is 96.4 Å². The zero-order valence-electron chi connectivity index (χ0n) is 12.1. The van der Waals surface area contributed by atoms with Gasteiger partial charge in [0, 0.05) is 19.6 Å². The van der Waals surface area contributed by atoms with Gasteiger partial charge in [0.25, 0.3) is 10.2 Å². The number of morpholine rings is 1. The molecule has 0 aliphatic carbocycles. The first-order chi connectivity index (χ1) is 10.0. The first-order valence-electron chi connectivity index (χ1n) is 7.04. The number of hydrogen-bond acceptors (Lipinski definition) is 6. The highest BCUT2D eigenvalue weighted by molar-refractivity contribution is 7.86. The van der Waals surface area contributed by atoms with Crippen LogP contribution >= 0.6 is 0 Å². The van der Waals surface area contributed by atoms with E-state index in [2.05, 4.69) is 0 Å². The van der Waals surface area contributed by atoms with Gasteiger partial charge in [-0.15, -0.1) is 0 Å². The molecule has 8 nitrogen and oxygen atoms in total. The van der Waals surface area contributed by atoms with Crippen molar-refractivity contribution in [3.05, 3.63) is 0 Å². The average Bonchev–Trinajstić information content (AvgIpc) is 2.54. The normalized spacial score (nSPS) is 26.7. The molecule has 0 saturated carbocycles. The Labute approximate surface area is 124 Å². The van der Waals surface area contributed by atoms with E-state index in [1.807, 2.05) is 0 Å². The Balaban J connectivity index is 2.02. The lowest BCUT2D eigenvalue weighted by Crippen LogP contribution is -2.56. The van der Waals surface area contributed by atoms with Crippen molar-refractivity contribution in [1.29, 1.82) is 0 Å². The number of carbonyl (C=O) groups excluding carboxylic acids is 1. The number of hydrogen-bond donors (Lipinski definition) is 1. The fourth-order valence-corrected chi connectivity index (χ4v) is 4.50. The Hall–Kier alpha value is -0.740. The van der Waals surface area contributed by atoms with Crippen LogP contribution in [0.3, 0.4) is 0 Å². The maximum absolute atomic E-state index is 12.6. The first-order valence-corrected chi connectivity index (χ1v) is 8.43. The van der Waals surface area contributed by atoms with E-state index in [0.717, 1.165) is 0 Å². The Morgan fingerprint density at radius 3 is 2.57 bits per heavy atom. The van der Waals surface area contributed by atoms with Crippen LogP contribution in [0.4, 0.5) is 0 Å². The zero-order chi connectivity index (χ0) is 15.5. The summed E-state index contributed by atoms with van der Waals surface area (Å²) in [5.41, 5.74) is 0. The van der Waals surface area contributed by atoms with Gasteiger partial charge in [0.2, 0.25) is 0 Å². The minimum absolute atomic E-state index is 0.203. The number of ether oxygens (including phenoxy) is 2. The predicted octanol–water partition coefficient (Wildman–Crippen LogP) is -1.19. The molecule has 122 valence electrons. The van der Waals surface area contributed by atoms with Crippen molar-refractivity contribution in [1.82, 2.24) is 8.61 Å². The summed E-state index contributed by atoms with van der Waals surface area (Å²) in [6.45, 7) is 1.08. The monoisotopic (exact) mass is 322 g/mol. The summed E-state index contributed by atoms with van der Waals surface area (Å²) < 4.78 is 37.8. The molecule has 0 radical (unpaired) electrons. The van der Waals surface area contributed by atoms with Crippen molar-refractivity contribution in [2.45, 2.75) is 18.9 Å². The largest absolute Gasteiger partial charge is 0.469 e. The van der Waals surface area contributed by atoms with Gasteiger partial charge in [0.1, 0.15) is 0 Å². The molecule has 21 heavy (non-hydrogen) atoms. The van der Waals surface area contributed by atoms with Gasteiger partial charge in [-0.2, -0.15) is 17.0 Å². The minimum atomic E-state index is -3.63. The van der Waals surface area contributed by atoms with Crippen molar-refractivity contribution in [3.63, 3.8) is 0 Å². The van der Waals surface area contributed by atoms with Crippen LogP contribution in [0.25, 0.3) is 0 Å². The summed E-state index contributed by atoms with van der Waals surface area (Å²) in [6.07, 6.45) is 0.917. The predicted molar refractivity (Wildman–Crippen MR) is 73.6 cm³/mol. The molecule has 2 aliphatic heterocycles. The van der Waals surface area contributed by atoms with E-state index in [9.17, 15) is 18.3 Å². The van der Waals surface area contributed by atoms with Gasteiger partial charge in [-0.1, -0.05) is 0 Å². The van der Waals surface area contributed by atoms with Gasteiger partial charge in [-0.25, -0.2) is 0 Å².